The fraction of sp³-hybridized carbons (Fsp3) is 0.200. The van der Waals surface area contributed by atoms with Crippen molar-refractivity contribution in [3.05, 3.63) is 27.3 Å². The smallest absolute Gasteiger partial charge is 0.432 e. The fourth-order valence-corrected chi connectivity index (χ4v) is 2.41. The van der Waals surface area contributed by atoms with E-state index in [4.69, 9.17) is 16.3 Å². The topological polar surface area (TPSA) is 25.0 Å². The summed E-state index contributed by atoms with van der Waals surface area (Å²) in [4.78, 5) is 2.28. The number of rotatable bonds is 1. The monoisotopic (exact) mass is 327 g/mol. The maximum Gasteiger partial charge on any atom is 0.432 e. The maximum atomic E-state index is 12.6. The molecule has 2 rings (SSSR count). The Morgan fingerprint density at radius 2 is 2.00 bits per heavy atom. The van der Waals surface area contributed by atoms with Crippen LogP contribution in [0.15, 0.2) is 16.6 Å². The van der Waals surface area contributed by atoms with Crippen LogP contribution in [0, 0.1) is 0 Å². The number of methoxy groups -OCH3 is 1. The molecule has 0 bridgehead atoms. The first kappa shape index (κ1) is 12.6. The summed E-state index contributed by atoms with van der Waals surface area (Å²) in [6, 6.07) is 2.85. The maximum absolute atomic E-state index is 12.6. The summed E-state index contributed by atoms with van der Waals surface area (Å²) in [5.74, 6) is 0.326. The van der Waals surface area contributed by atoms with Crippen molar-refractivity contribution in [3.8, 4) is 5.75 Å². The zero-order valence-electron chi connectivity index (χ0n) is 8.45. The second-order valence-electron chi connectivity index (χ2n) is 3.34. The molecule has 0 aliphatic carbocycles. The van der Waals surface area contributed by atoms with E-state index in [0.717, 1.165) is 0 Å². The molecule has 2 aromatic rings. The van der Waals surface area contributed by atoms with Gasteiger partial charge in [0.05, 0.1) is 16.6 Å². The second-order valence-corrected chi connectivity index (χ2v) is 4.54. The lowest BCUT2D eigenvalue weighted by molar-refractivity contribution is -0.141. The fourth-order valence-electron chi connectivity index (χ4n) is 1.51. The summed E-state index contributed by atoms with van der Waals surface area (Å²) in [5.41, 5.74) is -0.535. The van der Waals surface area contributed by atoms with E-state index < -0.39 is 11.9 Å². The zero-order valence-corrected chi connectivity index (χ0v) is 10.8. The van der Waals surface area contributed by atoms with Crippen LogP contribution in [0.2, 0.25) is 5.02 Å². The Morgan fingerprint density at radius 3 is 2.53 bits per heavy atom. The van der Waals surface area contributed by atoms with Crippen LogP contribution in [-0.4, -0.2) is 12.1 Å². The summed E-state index contributed by atoms with van der Waals surface area (Å²) in [7, 11) is 1.40. The van der Waals surface area contributed by atoms with Crippen LogP contribution in [0.1, 0.15) is 5.69 Å². The normalized spacial score (nSPS) is 12.1. The van der Waals surface area contributed by atoms with Crippen LogP contribution in [0.25, 0.3) is 10.9 Å². The van der Waals surface area contributed by atoms with Gasteiger partial charge in [0, 0.05) is 10.9 Å². The highest BCUT2D eigenvalue weighted by Crippen LogP contribution is 2.41. The summed E-state index contributed by atoms with van der Waals surface area (Å²) in [5, 5.41) is 0.626. The number of halogens is 5. The first-order valence-corrected chi connectivity index (χ1v) is 5.63. The van der Waals surface area contributed by atoms with E-state index in [2.05, 4.69) is 20.9 Å². The minimum absolute atomic E-state index is 0.0463. The quantitative estimate of drug-likeness (QED) is 0.812. The first-order valence-electron chi connectivity index (χ1n) is 4.46. The van der Waals surface area contributed by atoms with Gasteiger partial charge in [-0.15, -0.1) is 0 Å². The number of aromatic amines is 1. The van der Waals surface area contributed by atoms with Gasteiger partial charge < -0.3 is 9.72 Å². The molecule has 0 saturated heterocycles. The molecular formula is C10H6BrClF3NO. The number of hydrogen-bond acceptors (Lipinski definition) is 1. The average Bonchev–Trinajstić information content (AvgIpc) is 2.54. The SMILES string of the molecule is COc1cc2c(Br)c(C(F)(F)F)[nH]c2cc1Cl. The van der Waals surface area contributed by atoms with E-state index in [-0.39, 0.29) is 9.50 Å². The number of aromatic nitrogens is 1. The Bertz CT molecular complexity index is 579. The van der Waals surface area contributed by atoms with Gasteiger partial charge in [0.1, 0.15) is 11.4 Å². The molecule has 0 radical (unpaired) electrons. The molecule has 1 aromatic carbocycles. The molecule has 7 heteroatoms. The van der Waals surface area contributed by atoms with E-state index in [1.165, 1.54) is 19.2 Å². The third-order valence-electron chi connectivity index (χ3n) is 2.29. The van der Waals surface area contributed by atoms with Gasteiger partial charge >= 0.3 is 6.18 Å². The van der Waals surface area contributed by atoms with Crippen molar-refractivity contribution >= 4 is 38.4 Å². The molecule has 0 saturated carbocycles. The standard InChI is InChI=1S/C10H6BrClF3NO/c1-17-7-2-4-6(3-5(7)12)16-9(8(4)11)10(13,14)15/h2-3,16H,1H3. The molecule has 0 spiro atoms. The van der Waals surface area contributed by atoms with E-state index >= 15 is 0 Å². The van der Waals surface area contributed by atoms with Gasteiger partial charge in [-0.1, -0.05) is 11.6 Å². The van der Waals surface area contributed by atoms with Gasteiger partial charge in [0.15, 0.2) is 0 Å². The minimum Gasteiger partial charge on any atom is -0.495 e. The molecule has 0 atom stereocenters. The highest BCUT2D eigenvalue weighted by molar-refractivity contribution is 9.10. The Morgan fingerprint density at radius 1 is 1.35 bits per heavy atom. The highest BCUT2D eigenvalue weighted by Gasteiger charge is 2.36. The summed E-state index contributed by atoms with van der Waals surface area (Å²) >= 11 is 8.76. The van der Waals surface area contributed by atoms with Crippen molar-refractivity contribution < 1.29 is 17.9 Å². The number of alkyl halides is 3. The van der Waals surface area contributed by atoms with Crippen molar-refractivity contribution in [2.45, 2.75) is 6.18 Å². The number of ether oxygens (including phenoxy) is 1. The average molecular weight is 329 g/mol. The summed E-state index contributed by atoms with van der Waals surface area (Å²) in [6.07, 6.45) is -4.45. The molecule has 0 unspecified atom stereocenters. The van der Waals surface area contributed by atoms with Crippen LogP contribution in [0.5, 0.6) is 5.75 Å². The van der Waals surface area contributed by atoms with E-state index in [1.807, 2.05) is 0 Å². The van der Waals surface area contributed by atoms with Crippen molar-refractivity contribution in [1.29, 1.82) is 0 Å². The van der Waals surface area contributed by atoms with Crippen LogP contribution in [0.3, 0.4) is 0 Å². The van der Waals surface area contributed by atoms with Crippen molar-refractivity contribution in [3.63, 3.8) is 0 Å². The predicted molar refractivity (Wildman–Crippen MR) is 62.6 cm³/mol. The zero-order chi connectivity index (χ0) is 12.8. The molecule has 1 heterocycles. The molecule has 1 N–H and O–H groups in total. The lowest BCUT2D eigenvalue weighted by atomic mass is 10.2. The highest BCUT2D eigenvalue weighted by atomic mass is 79.9. The van der Waals surface area contributed by atoms with Crippen LogP contribution >= 0.6 is 27.5 Å². The van der Waals surface area contributed by atoms with Crippen molar-refractivity contribution in [1.82, 2.24) is 4.98 Å². The number of benzene rings is 1. The van der Waals surface area contributed by atoms with Crippen LogP contribution in [-0.2, 0) is 6.18 Å². The number of H-pyrrole nitrogens is 1. The largest absolute Gasteiger partial charge is 0.495 e. The third kappa shape index (κ3) is 2.11. The summed E-state index contributed by atoms with van der Waals surface area (Å²) in [6.45, 7) is 0. The molecule has 92 valence electrons. The van der Waals surface area contributed by atoms with Crippen molar-refractivity contribution in [2.75, 3.05) is 7.11 Å². The van der Waals surface area contributed by atoms with E-state index in [1.54, 1.807) is 0 Å². The Kier molecular flexibility index (Phi) is 3.03. The Labute approximate surface area is 108 Å². The number of hydrogen-bond donors (Lipinski definition) is 1. The Balaban J connectivity index is 2.75. The molecular weight excluding hydrogens is 322 g/mol. The van der Waals surface area contributed by atoms with Crippen LogP contribution < -0.4 is 4.74 Å². The van der Waals surface area contributed by atoms with E-state index in [0.29, 0.717) is 16.7 Å². The van der Waals surface area contributed by atoms with Crippen molar-refractivity contribution in [2.24, 2.45) is 0 Å². The predicted octanol–water partition coefficient (Wildman–Crippen LogP) is 4.61. The van der Waals surface area contributed by atoms with Gasteiger partial charge in [-0.05, 0) is 28.1 Å². The van der Waals surface area contributed by atoms with Gasteiger partial charge in [-0.2, -0.15) is 13.2 Å². The number of nitrogens with one attached hydrogen (secondary N) is 1. The lowest BCUT2D eigenvalue weighted by Gasteiger charge is -2.03. The molecule has 0 aliphatic heterocycles. The first-order chi connectivity index (χ1) is 7.84. The molecule has 2 nitrogen and oxygen atoms in total. The van der Waals surface area contributed by atoms with Crippen LogP contribution in [0.4, 0.5) is 13.2 Å². The molecule has 0 amide bonds. The minimum atomic E-state index is -4.45. The molecule has 0 fully saturated rings. The second kappa shape index (κ2) is 4.10. The Hall–Kier alpha value is -0.880. The molecule has 0 aliphatic rings. The lowest BCUT2D eigenvalue weighted by Crippen LogP contribution is -2.05. The number of fused-ring (bicyclic) bond motifs is 1. The van der Waals surface area contributed by atoms with E-state index in [9.17, 15) is 13.2 Å². The molecule has 17 heavy (non-hydrogen) atoms. The van der Waals surface area contributed by atoms with Gasteiger partial charge in [0.2, 0.25) is 0 Å². The van der Waals surface area contributed by atoms with Gasteiger partial charge in [-0.25, -0.2) is 0 Å². The summed E-state index contributed by atoms with van der Waals surface area (Å²) < 4.78 is 42.8. The third-order valence-corrected chi connectivity index (χ3v) is 3.41. The van der Waals surface area contributed by atoms with Gasteiger partial charge in [-0.3, -0.25) is 0 Å². The molecule has 1 aromatic heterocycles. The van der Waals surface area contributed by atoms with Gasteiger partial charge in [0.25, 0.3) is 0 Å².